The average Bonchev–Trinajstić information content (AvgIpc) is 3.02. The summed E-state index contributed by atoms with van der Waals surface area (Å²) in [5.41, 5.74) is 0. The molecule has 0 aromatic carbocycles. The Hall–Kier alpha value is -0.720. The van der Waals surface area contributed by atoms with Crippen LogP contribution in [-0.2, 0) is 23.4 Å². The predicted octanol–water partition coefficient (Wildman–Crippen LogP) is 11.9. The van der Waals surface area contributed by atoms with Gasteiger partial charge in [0, 0.05) is 13.0 Å². The van der Waals surface area contributed by atoms with Gasteiger partial charge in [0.25, 0.3) is 0 Å². The first-order valence-corrected chi connectivity index (χ1v) is 21.0. The minimum atomic E-state index is -4.65. The Morgan fingerprint density at radius 1 is 0.565 bits per heavy atom. The summed E-state index contributed by atoms with van der Waals surface area (Å²) >= 11 is 0. The number of carbonyl (C=O) groups excluding carboxylic acids is 1. The summed E-state index contributed by atoms with van der Waals surface area (Å²) in [7, 11) is -4.65. The number of hydrogen-bond donors (Lipinski definition) is 2. The standard InChI is InChI=1S/C38H75O7P/c1-3-5-7-9-11-13-15-17-19-20-21-23-25-27-29-31-33-38(39)45-37(36-44-46(40,41)42)35-43-34-32-30-28-26-24-22-18-16-14-12-10-8-6-4-2/h19-20,37H,3-18,21-36H2,1-2H3,(H2,40,41,42)/b20-19-/t37-/m1/s1. The van der Waals surface area contributed by atoms with Crippen LogP contribution in [0.4, 0.5) is 0 Å². The molecule has 8 heteroatoms. The molecule has 2 N–H and O–H groups in total. The zero-order valence-electron chi connectivity index (χ0n) is 30.2. The number of allylic oxidation sites excluding steroid dienone is 2. The van der Waals surface area contributed by atoms with Crippen LogP contribution in [0.5, 0.6) is 0 Å². The van der Waals surface area contributed by atoms with Gasteiger partial charge in [0.05, 0.1) is 13.2 Å². The fraction of sp³-hybridized carbons (Fsp3) is 0.921. The lowest BCUT2D eigenvalue weighted by molar-refractivity contribution is -0.154. The van der Waals surface area contributed by atoms with E-state index < -0.39 is 13.9 Å². The molecule has 0 aromatic heterocycles. The SMILES string of the molecule is CCCCCCCCC/C=C\CCCCCCCC(=O)O[C@H](COCCCCCCCCCCCCCCCC)COP(=O)(O)O. The Morgan fingerprint density at radius 3 is 1.39 bits per heavy atom. The smallest absolute Gasteiger partial charge is 0.457 e. The van der Waals surface area contributed by atoms with Crippen LogP contribution in [0.25, 0.3) is 0 Å². The van der Waals surface area contributed by atoms with Crippen LogP contribution in [0.3, 0.4) is 0 Å². The van der Waals surface area contributed by atoms with Crippen molar-refractivity contribution in [2.45, 2.75) is 206 Å². The number of hydrogen-bond acceptors (Lipinski definition) is 5. The zero-order chi connectivity index (χ0) is 33.8. The lowest BCUT2D eigenvalue weighted by Crippen LogP contribution is -2.28. The van der Waals surface area contributed by atoms with Gasteiger partial charge < -0.3 is 19.3 Å². The van der Waals surface area contributed by atoms with E-state index in [1.165, 1.54) is 135 Å². The predicted molar refractivity (Wildman–Crippen MR) is 193 cm³/mol. The second kappa shape index (κ2) is 35.6. The van der Waals surface area contributed by atoms with Crippen molar-refractivity contribution < 1.29 is 33.1 Å². The summed E-state index contributed by atoms with van der Waals surface area (Å²) in [6.07, 6.45) is 39.1. The molecule has 0 bridgehead atoms. The largest absolute Gasteiger partial charge is 0.469 e. The molecule has 0 radical (unpaired) electrons. The van der Waals surface area contributed by atoms with E-state index in [0.29, 0.717) is 13.0 Å². The van der Waals surface area contributed by atoms with E-state index in [9.17, 15) is 9.36 Å². The number of phosphoric acid groups is 1. The minimum absolute atomic E-state index is 0.0800. The maximum atomic E-state index is 12.4. The molecule has 0 aliphatic rings. The number of ether oxygens (including phenoxy) is 2. The summed E-state index contributed by atoms with van der Waals surface area (Å²) < 4.78 is 26.9. The van der Waals surface area contributed by atoms with Crippen LogP contribution in [0.2, 0.25) is 0 Å². The number of unbranched alkanes of at least 4 members (excludes halogenated alkanes) is 25. The Morgan fingerprint density at radius 2 is 0.957 bits per heavy atom. The van der Waals surface area contributed by atoms with Crippen molar-refractivity contribution in [3.05, 3.63) is 12.2 Å². The third-order valence-electron chi connectivity index (χ3n) is 8.57. The topological polar surface area (TPSA) is 102 Å². The highest BCUT2D eigenvalue weighted by molar-refractivity contribution is 7.46. The summed E-state index contributed by atoms with van der Waals surface area (Å²) in [5, 5.41) is 0. The summed E-state index contributed by atoms with van der Waals surface area (Å²) in [6, 6.07) is 0. The van der Waals surface area contributed by atoms with Crippen molar-refractivity contribution in [3.63, 3.8) is 0 Å². The van der Waals surface area contributed by atoms with Gasteiger partial charge in [-0.1, -0.05) is 167 Å². The van der Waals surface area contributed by atoms with E-state index in [4.69, 9.17) is 19.3 Å². The van der Waals surface area contributed by atoms with Gasteiger partial charge in [0.2, 0.25) is 0 Å². The van der Waals surface area contributed by atoms with Gasteiger partial charge in [-0.15, -0.1) is 0 Å². The van der Waals surface area contributed by atoms with Crippen molar-refractivity contribution in [3.8, 4) is 0 Å². The Labute approximate surface area is 284 Å². The molecule has 0 rings (SSSR count). The molecular formula is C38H75O7P. The molecule has 0 unspecified atom stereocenters. The molecule has 0 spiro atoms. The van der Waals surface area contributed by atoms with Crippen molar-refractivity contribution in [1.82, 2.24) is 0 Å². The molecule has 0 amide bonds. The molecule has 7 nitrogen and oxygen atoms in total. The van der Waals surface area contributed by atoms with E-state index in [1.807, 2.05) is 0 Å². The molecule has 1 atom stereocenters. The summed E-state index contributed by atoms with van der Waals surface area (Å²) in [6.45, 7) is 4.76. The lowest BCUT2D eigenvalue weighted by atomic mass is 10.0. The van der Waals surface area contributed by atoms with Crippen LogP contribution in [-0.4, -0.2) is 41.7 Å². The highest BCUT2D eigenvalue weighted by Gasteiger charge is 2.21. The third-order valence-corrected chi connectivity index (χ3v) is 9.05. The summed E-state index contributed by atoms with van der Waals surface area (Å²) in [5.74, 6) is -0.368. The zero-order valence-corrected chi connectivity index (χ0v) is 31.1. The molecule has 0 heterocycles. The monoisotopic (exact) mass is 675 g/mol. The number of phosphoric ester groups is 1. The highest BCUT2D eigenvalue weighted by Crippen LogP contribution is 2.36. The van der Waals surface area contributed by atoms with E-state index in [2.05, 4.69) is 30.5 Å². The second-order valence-electron chi connectivity index (χ2n) is 13.3. The maximum absolute atomic E-state index is 12.4. The minimum Gasteiger partial charge on any atom is -0.457 e. The van der Waals surface area contributed by atoms with Crippen molar-refractivity contribution in [1.29, 1.82) is 0 Å². The van der Waals surface area contributed by atoms with Crippen LogP contribution in [0.15, 0.2) is 12.2 Å². The third kappa shape index (κ3) is 37.7. The Kier molecular flexibility index (Phi) is 35.0. The summed E-state index contributed by atoms with van der Waals surface area (Å²) in [4.78, 5) is 30.5. The van der Waals surface area contributed by atoms with Crippen LogP contribution >= 0.6 is 7.82 Å². The fourth-order valence-corrected chi connectivity index (χ4v) is 6.03. The van der Waals surface area contributed by atoms with Crippen molar-refractivity contribution in [2.75, 3.05) is 19.8 Å². The van der Waals surface area contributed by atoms with E-state index in [-0.39, 0.29) is 19.2 Å². The average molecular weight is 675 g/mol. The van der Waals surface area contributed by atoms with Gasteiger partial charge in [-0.05, 0) is 38.5 Å². The van der Waals surface area contributed by atoms with E-state index in [0.717, 1.165) is 44.9 Å². The van der Waals surface area contributed by atoms with Gasteiger partial charge >= 0.3 is 13.8 Å². The van der Waals surface area contributed by atoms with Gasteiger partial charge in [-0.3, -0.25) is 9.32 Å². The first-order chi connectivity index (χ1) is 22.4. The first kappa shape index (κ1) is 45.3. The van der Waals surface area contributed by atoms with E-state index in [1.54, 1.807) is 0 Å². The molecule has 0 aliphatic heterocycles. The molecule has 0 aromatic rings. The molecule has 0 saturated heterocycles. The quantitative estimate of drug-likeness (QED) is 0.0292. The van der Waals surface area contributed by atoms with E-state index >= 15 is 0 Å². The molecular weight excluding hydrogens is 599 g/mol. The van der Waals surface area contributed by atoms with Gasteiger partial charge in [0.15, 0.2) is 0 Å². The van der Waals surface area contributed by atoms with Gasteiger partial charge in [-0.25, -0.2) is 4.57 Å². The fourth-order valence-electron chi connectivity index (χ4n) is 5.67. The van der Waals surface area contributed by atoms with Crippen LogP contribution in [0, 0.1) is 0 Å². The maximum Gasteiger partial charge on any atom is 0.469 e. The van der Waals surface area contributed by atoms with Crippen LogP contribution in [0.1, 0.15) is 200 Å². The second-order valence-corrected chi connectivity index (χ2v) is 14.5. The molecule has 274 valence electrons. The van der Waals surface area contributed by atoms with Crippen LogP contribution < -0.4 is 0 Å². The molecule has 0 fully saturated rings. The Bertz CT molecular complexity index is 709. The van der Waals surface area contributed by atoms with Gasteiger partial charge in [0.1, 0.15) is 6.10 Å². The molecule has 46 heavy (non-hydrogen) atoms. The van der Waals surface area contributed by atoms with Gasteiger partial charge in [-0.2, -0.15) is 0 Å². The normalized spacial score (nSPS) is 12.7. The number of carbonyl (C=O) groups is 1. The molecule has 0 saturated carbocycles. The molecule has 0 aliphatic carbocycles. The first-order valence-electron chi connectivity index (χ1n) is 19.5. The van der Waals surface area contributed by atoms with Crippen molar-refractivity contribution in [2.24, 2.45) is 0 Å². The lowest BCUT2D eigenvalue weighted by Gasteiger charge is -2.18. The van der Waals surface area contributed by atoms with Crippen molar-refractivity contribution >= 4 is 13.8 Å². The highest BCUT2D eigenvalue weighted by atomic mass is 31.2. The Balaban J connectivity index is 3.81. The number of esters is 1. The number of rotatable bonds is 37.